The van der Waals surface area contributed by atoms with Crippen molar-refractivity contribution in [2.75, 3.05) is 14.2 Å². The topological polar surface area (TPSA) is 78.9 Å². The van der Waals surface area contributed by atoms with Gasteiger partial charge in [-0.1, -0.05) is 47.5 Å². The van der Waals surface area contributed by atoms with Crippen LogP contribution in [0.3, 0.4) is 0 Å². The van der Waals surface area contributed by atoms with E-state index in [2.05, 4.69) is 0 Å². The predicted molar refractivity (Wildman–Crippen MR) is 137 cm³/mol. The first-order valence-corrected chi connectivity index (χ1v) is 12.0. The van der Waals surface area contributed by atoms with Gasteiger partial charge in [-0.2, -0.15) is 0 Å². The Hall–Kier alpha value is -3.48. The molecule has 0 saturated heterocycles. The van der Waals surface area contributed by atoms with Crippen LogP contribution < -0.4 is 20.3 Å². The van der Waals surface area contributed by atoms with Crippen LogP contribution in [-0.4, -0.2) is 14.2 Å². The first-order chi connectivity index (χ1) is 17.4. The van der Waals surface area contributed by atoms with Gasteiger partial charge >= 0.3 is 0 Å². The van der Waals surface area contributed by atoms with Gasteiger partial charge in [0.15, 0.2) is 0 Å². The molecule has 2 heterocycles. The molecule has 1 aliphatic rings. The largest absolute Gasteiger partial charge is 0.490 e. The maximum Gasteiger partial charge on any atom is 0.226 e. The minimum atomic E-state index is -0.275. The molecule has 4 aromatic rings. The van der Waals surface area contributed by atoms with Gasteiger partial charge in [0.2, 0.25) is 22.4 Å². The normalized spacial score (nSPS) is 21.0. The van der Waals surface area contributed by atoms with Gasteiger partial charge in [0.25, 0.3) is 0 Å². The van der Waals surface area contributed by atoms with Crippen molar-refractivity contribution in [3.8, 4) is 11.5 Å². The molecule has 5 rings (SSSR count). The molecular formula is C28H22Cl2O6. The van der Waals surface area contributed by atoms with Gasteiger partial charge in [0, 0.05) is 45.8 Å². The summed E-state index contributed by atoms with van der Waals surface area (Å²) in [4.78, 5) is 25.3. The molecule has 2 aromatic carbocycles. The Balaban J connectivity index is 1.71. The van der Waals surface area contributed by atoms with Gasteiger partial charge in [-0.3, -0.25) is 9.59 Å². The zero-order chi connectivity index (χ0) is 25.4. The van der Waals surface area contributed by atoms with Crippen molar-refractivity contribution in [1.82, 2.24) is 0 Å². The van der Waals surface area contributed by atoms with Crippen molar-refractivity contribution < 1.29 is 18.3 Å². The average Bonchev–Trinajstić information content (AvgIpc) is 2.86. The molecule has 1 fully saturated rings. The van der Waals surface area contributed by atoms with Crippen LogP contribution in [0.4, 0.5) is 0 Å². The third-order valence-corrected chi connectivity index (χ3v) is 7.29. The molecule has 0 aliphatic heterocycles. The number of hydrogen-bond donors (Lipinski definition) is 0. The zero-order valence-corrected chi connectivity index (χ0v) is 21.0. The van der Waals surface area contributed by atoms with Crippen molar-refractivity contribution in [3.63, 3.8) is 0 Å². The highest BCUT2D eigenvalue weighted by Crippen LogP contribution is 2.66. The Bertz CT molecular complexity index is 1370. The van der Waals surface area contributed by atoms with Crippen LogP contribution in [0.5, 0.6) is 11.5 Å². The van der Waals surface area contributed by atoms with Crippen LogP contribution in [0.2, 0.25) is 10.0 Å². The summed E-state index contributed by atoms with van der Waals surface area (Å²) in [6.45, 7) is 0. The lowest BCUT2D eigenvalue weighted by Crippen LogP contribution is -2.40. The van der Waals surface area contributed by atoms with Crippen molar-refractivity contribution in [2.45, 2.75) is 23.7 Å². The molecule has 0 unspecified atom stereocenters. The second-order valence-corrected chi connectivity index (χ2v) is 9.51. The summed E-state index contributed by atoms with van der Waals surface area (Å²) in [5, 5.41) is 1.21. The quantitative estimate of drug-likeness (QED) is 0.291. The third kappa shape index (κ3) is 4.31. The molecule has 0 amide bonds. The minimum absolute atomic E-state index is 0.127. The van der Waals surface area contributed by atoms with Crippen LogP contribution in [0.15, 0.2) is 91.6 Å². The molecule has 1 saturated carbocycles. The molecule has 36 heavy (non-hydrogen) atoms. The van der Waals surface area contributed by atoms with E-state index in [1.807, 2.05) is 48.5 Å². The summed E-state index contributed by atoms with van der Waals surface area (Å²) in [7, 11) is 2.84. The van der Waals surface area contributed by atoms with Gasteiger partial charge in [0.1, 0.15) is 24.0 Å². The second kappa shape index (κ2) is 9.88. The molecule has 8 heteroatoms. The summed E-state index contributed by atoms with van der Waals surface area (Å²) in [5.74, 6) is 0.406. The summed E-state index contributed by atoms with van der Waals surface area (Å²) in [6, 6.07) is 17.9. The van der Waals surface area contributed by atoms with Crippen molar-refractivity contribution in [3.05, 3.63) is 126 Å². The van der Waals surface area contributed by atoms with E-state index in [-0.39, 0.29) is 46.0 Å². The van der Waals surface area contributed by atoms with Gasteiger partial charge < -0.3 is 18.3 Å². The number of halogens is 2. The van der Waals surface area contributed by atoms with E-state index in [0.717, 1.165) is 11.1 Å². The number of ether oxygens (including phenoxy) is 2. The monoisotopic (exact) mass is 524 g/mol. The summed E-state index contributed by atoms with van der Waals surface area (Å²) < 4.78 is 22.1. The van der Waals surface area contributed by atoms with E-state index < -0.39 is 0 Å². The molecule has 6 nitrogen and oxygen atoms in total. The SMILES string of the molecule is COc1coc(C2C(c3ccc(Cl)cc3)C(c3cc(=O)c(OC)co3)C2c2ccc(Cl)cc2)cc1=O. The minimum Gasteiger partial charge on any atom is -0.490 e. The van der Waals surface area contributed by atoms with Gasteiger partial charge in [-0.05, 0) is 35.4 Å². The van der Waals surface area contributed by atoms with E-state index in [0.29, 0.717) is 21.6 Å². The average molecular weight is 525 g/mol. The number of hydrogen-bond acceptors (Lipinski definition) is 6. The highest BCUT2D eigenvalue weighted by molar-refractivity contribution is 6.30. The Morgan fingerprint density at radius 3 is 1.28 bits per heavy atom. The first kappa shape index (κ1) is 24.2. The molecular weight excluding hydrogens is 503 g/mol. The van der Waals surface area contributed by atoms with E-state index >= 15 is 0 Å². The van der Waals surface area contributed by atoms with Gasteiger partial charge in [0.05, 0.1) is 14.2 Å². The van der Waals surface area contributed by atoms with E-state index in [1.165, 1.54) is 38.9 Å². The molecule has 0 spiro atoms. The fraction of sp³-hybridized carbons (Fsp3) is 0.214. The maximum absolute atomic E-state index is 12.7. The van der Waals surface area contributed by atoms with Crippen LogP contribution in [0.25, 0.3) is 0 Å². The zero-order valence-electron chi connectivity index (χ0n) is 19.4. The Kier molecular flexibility index (Phi) is 6.65. The Labute approximate surface area is 217 Å². The molecule has 0 radical (unpaired) electrons. The predicted octanol–water partition coefficient (Wildman–Crippen LogP) is 6.37. The van der Waals surface area contributed by atoms with Crippen LogP contribution >= 0.6 is 23.2 Å². The smallest absolute Gasteiger partial charge is 0.226 e. The van der Waals surface area contributed by atoms with Crippen LogP contribution in [0.1, 0.15) is 46.3 Å². The molecule has 2 aromatic heterocycles. The van der Waals surface area contributed by atoms with Crippen LogP contribution in [-0.2, 0) is 0 Å². The lowest BCUT2D eigenvalue weighted by atomic mass is 9.51. The third-order valence-electron chi connectivity index (χ3n) is 6.79. The number of rotatable bonds is 6. The van der Waals surface area contributed by atoms with Crippen molar-refractivity contribution >= 4 is 23.2 Å². The molecule has 184 valence electrons. The summed E-state index contributed by atoms with van der Waals surface area (Å²) >= 11 is 12.3. The lowest BCUT2D eigenvalue weighted by molar-refractivity contribution is 0.171. The van der Waals surface area contributed by atoms with Crippen LogP contribution in [0, 0.1) is 0 Å². The van der Waals surface area contributed by atoms with Gasteiger partial charge in [-0.25, -0.2) is 0 Å². The van der Waals surface area contributed by atoms with E-state index in [4.69, 9.17) is 41.5 Å². The highest BCUT2D eigenvalue weighted by atomic mass is 35.5. The summed E-state index contributed by atoms with van der Waals surface area (Å²) in [6.07, 6.45) is 2.66. The Morgan fingerprint density at radius 1 is 0.611 bits per heavy atom. The Morgan fingerprint density at radius 2 is 0.972 bits per heavy atom. The molecule has 0 N–H and O–H groups in total. The molecule has 0 bridgehead atoms. The fourth-order valence-corrected chi connectivity index (χ4v) is 5.38. The lowest BCUT2D eigenvalue weighted by Gasteiger charge is -2.51. The molecule has 0 atom stereocenters. The first-order valence-electron chi connectivity index (χ1n) is 11.3. The summed E-state index contributed by atoms with van der Waals surface area (Å²) in [5.41, 5.74) is 1.39. The highest BCUT2D eigenvalue weighted by Gasteiger charge is 2.55. The number of benzene rings is 2. The number of methoxy groups -OCH3 is 2. The van der Waals surface area contributed by atoms with Crippen molar-refractivity contribution in [2.24, 2.45) is 0 Å². The van der Waals surface area contributed by atoms with Crippen molar-refractivity contribution in [1.29, 1.82) is 0 Å². The second-order valence-electron chi connectivity index (χ2n) is 8.64. The maximum atomic E-state index is 12.7. The molecule has 1 aliphatic carbocycles. The van der Waals surface area contributed by atoms with E-state index in [9.17, 15) is 9.59 Å². The fourth-order valence-electron chi connectivity index (χ4n) is 5.13. The standard InChI is InChI=1S/C28H22Cl2O6/c1-33-23-13-35-21(11-19(23)31)27-25(15-3-7-17(29)8-4-15)28(22-12-20(32)24(34-2)14-36-22)26(27)16-5-9-18(30)10-6-16/h3-14,25-28H,1-2H3. The van der Waals surface area contributed by atoms with E-state index in [1.54, 1.807) is 0 Å². The van der Waals surface area contributed by atoms with Gasteiger partial charge in [-0.15, -0.1) is 0 Å².